The highest BCUT2D eigenvalue weighted by molar-refractivity contribution is 6.29. The van der Waals surface area contributed by atoms with Crippen LogP contribution in [0.1, 0.15) is 64.0 Å². The zero-order chi connectivity index (χ0) is 11.8. The lowest BCUT2D eigenvalue weighted by Gasteiger charge is -1.96. The summed E-state index contributed by atoms with van der Waals surface area (Å²) in [5.41, 5.74) is 0. The quantitative estimate of drug-likeness (QED) is 0.614. The number of halogens is 1. The molecule has 0 spiro atoms. The Balaban J connectivity index is 2.39. The maximum Gasteiger partial charge on any atom is 0.195 e. The highest BCUT2D eigenvalue weighted by Gasteiger charge is 2.10. The minimum atomic E-state index is 0.572. The van der Waals surface area contributed by atoms with Gasteiger partial charge in [0, 0.05) is 12.8 Å². The molecule has 0 radical (unpaired) electrons. The van der Waals surface area contributed by atoms with Crippen LogP contribution in [0.2, 0.25) is 5.15 Å². The number of oxazole rings is 1. The van der Waals surface area contributed by atoms with Crippen molar-refractivity contribution in [2.45, 2.75) is 65.2 Å². The molecule has 0 aliphatic heterocycles. The summed E-state index contributed by atoms with van der Waals surface area (Å²) < 4.78 is 5.66. The van der Waals surface area contributed by atoms with Crippen molar-refractivity contribution >= 4 is 11.6 Å². The molecule has 0 aliphatic rings. The first-order valence-corrected chi connectivity index (χ1v) is 6.79. The van der Waals surface area contributed by atoms with Crippen LogP contribution in [-0.4, -0.2) is 4.98 Å². The van der Waals surface area contributed by atoms with Crippen LogP contribution in [-0.2, 0) is 12.8 Å². The van der Waals surface area contributed by atoms with E-state index < -0.39 is 0 Å². The average Bonchev–Trinajstić information content (AvgIpc) is 2.61. The Morgan fingerprint density at radius 1 is 1.00 bits per heavy atom. The molecule has 0 amide bonds. The number of aryl methyl sites for hydroxylation is 2. The van der Waals surface area contributed by atoms with Gasteiger partial charge in [0.2, 0.25) is 0 Å². The van der Waals surface area contributed by atoms with Gasteiger partial charge in [0.15, 0.2) is 11.0 Å². The molecule has 2 nitrogen and oxygen atoms in total. The molecule has 0 saturated heterocycles. The van der Waals surface area contributed by atoms with Crippen LogP contribution in [0.4, 0.5) is 0 Å². The molecule has 0 aromatic carbocycles. The van der Waals surface area contributed by atoms with Gasteiger partial charge in [-0.25, -0.2) is 4.98 Å². The number of unbranched alkanes of at least 4 members (excludes halogenated alkanes) is 4. The van der Waals surface area contributed by atoms with Crippen molar-refractivity contribution in [2.24, 2.45) is 0 Å². The summed E-state index contributed by atoms with van der Waals surface area (Å²) in [6, 6.07) is 0. The van der Waals surface area contributed by atoms with Gasteiger partial charge in [0.25, 0.3) is 0 Å². The van der Waals surface area contributed by atoms with Crippen molar-refractivity contribution in [1.82, 2.24) is 4.98 Å². The number of aromatic nitrogens is 1. The molecule has 0 unspecified atom stereocenters. The van der Waals surface area contributed by atoms with Crippen molar-refractivity contribution in [3.63, 3.8) is 0 Å². The molecule has 1 aromatic heterocycles. The van der Waals surface area contributed by atoms with Gasteiger partial charge < -0.3 is 4.42 Å². The number of hydrogen-bond acceptors (Lipinski definition) is 2. The number of nitrogens with zero attached hydrogens (tertiary/aromatic N) is 1. The van der Waals surface area contributed by atoms with Crippen LogP contribution < -0.4 is 0 Å². The van der Waals surface area contributed by atoms with E-state index in [-0.39, 0.29) is 0 Å². The van der Waals surface area contributed by atoms with Gasteiger partial charge in [0.05, 0.1) is 0 Å². The van der Waals surface area contributed by atoms with Crippen LogP contribution in [0.25, 0.3) is 0 Å². The first-order valence-electron chi connectivity index (χ1n) is 6.42. The van der Waals surface area contributed by atoms with Gasteiger partial charge in [-0.15, -0.1) is 0 Å². The average molecular weight is 244 g/mol. The van der Waals surface area contributed by atoms with Gasteiger partial charge >= 0.3 is 0 Å². The normalized spacial score (nSPS) is 10.9. The molecular formula is C13H22ClNO. The van der Waals surface area contributed by atoms with E-state index in [2.05, 4.69) is 18.8 Å². The third kappa shape index (κ3) is 4.56. The lowest BCUT2D eigenvalue weighted by Crippen LogP contribution is -1.84. The Hall–Kier alpha value is -0.500. The van der Waals surface area contributed by atoms with Crippen LogP contribution in [0, 0.1) is 0 Å². The summed E-state index contributed by atoms with van der Waals surface area (Å²) in [7, 11) is 0. The molecule has 0 saturated carbocycles. The molecule has 92 valence electrons. The molecule has 16 heavy (non-hydrogen) atoms. The number of rotatable bonds is 8. The van der Waals surface area contributed by atoms with Crippen molar-refractivity contribution in [3.8, 4) is 0 Å². The van der Waals surface area contributed by atoms with Crippen LogP contribution in [0.5, 0.6) is 0 Å². The van der Waals surface area contributed by atoms with E-state index in [1.807, 2.05) is 0 Å². The summed E-state index contributed by atoms with van der Waals surface area (Å²) in [5.74, 6) is 1.69. The zero-order valence-electron chi connectivity index (χ0n) is 10.4. The first-order chi connectivity index (χ1) is 7.77. The standard InChI is InChI=1S/C13H22ClNO/c1-3-5-7-9-11-13(14)15-12(16-11)10-8-6-4-2/h3-10H2,1-2H3. The second kappa shape index (κ2) is 7.72. The monoisotopic (exact) mass is 243 g/mol. The third-order valence-corrected chi connectivity index (χ3v) is 2.99. The fourth-order valence-corrected chi connectivity index (χ4v) is 1.93. The lowest BCUT2D eigenvalue weighted by atomic mass is 10.2. The largest absolute Gasteiger partial charge is 0.444 e. The van der Waals surface area contributed by atoms with Crippen LogP contribution in [0.15, 0.2) is 4.42 Å². The predicted molar refractivity (Wildman–Crippen MR) is 68.0 cm³/mol. The van der Waals surface area contributed by atoms with Crippen LogP contribution >= 0.6 is 11.6 Å². The van der Waals surface area contributed by atoms with E-state index in [4.69, 9.17) is 16.0 Å². The molecule has 0 fully saturated rings. The van der Waals surface area contributed by atoms with E-state index in [1.165, 1.54) is 25.7 Å². The number of hydrogen-bond donors (Lipinski definition) is 0. The zero-order valence-corrected chi connectivity index (χ0v) is 11.1. The van der Waals surface area contributed by atoms with Gasteiger partial charge in [-0.1, -0.05) is 51.1 Å². The van der Waals surface area contributed by atoms with E-state index >= 15 is 0 Å². The summed E-state index contributed by atoms with van der Waals surface area (Å²) in [6.45, 7) is 4.39. The molecule has 0 aliphatic carbocycles. The molecule has 1 aromatic rings. The Bertz CT molecular complexity index is 296. The summed E-state index contributed by atoms with van der Waals surface area (Å²) in [5, 5.41) is 0.572. The topological polar surface area (TPSA) is 26.0 Å². The van der Waals surface area contributed by atoms with E-state index in [1.54, 1.807) is 0 Å². The molecule has 1 heterocycles. The molecule has 0 N–H and O–H groups in total. The summed E-state index contributed by atoms with van der Waals surface area (Å²) in [4.78, 5) is 4.26. The summed E-state index contributed by atoms with van der Waals surface area (Å²) in [6.07, 6.45) is 9.01. The lowest BCUT2D eigenvalue weighted by molar-refractivity contribution is 0.440. The Kier molecular flexibility index (Phi) is 6.55. The maximum absolute atomic E-state index is 6.03. The second-order valence-corrected chi connectivity index (χ2v) is 4.59. The molecule has 1 rings (SSSR count). The van der Waals surface area contributed by atoms with Gasteiger partial charge in [-0.05, 0) is 12.8 Å². The molecule has 3 heteroatoms. The smallest absolute Gasteiger partial charge is 0.195 e. The Morgan fingerprint density at radius 2 is 1.62 bits per heavy atom. The highest BCUT2D eigenvalue weighted by atomic mass is 35.5. The van der Waals surface area contributed by atoms with Crippen molar-refractivity contribution in [1.29, 1.82) is 0 Å². The minimum absolute atomic E-state index is 0.572. The van der Waals surface area contributed by atoms with Crippen molar-refractivity contribution < 1.29 is 4.42 Å². The van der Waals surface area contributed by atoms with E-state index in [0.717, 1.165) is 37.3 Å². The van der Waals surface area contributed by atoms with Gasteiger partial charge in [-0.3, -0.25) is 0 Å². The molecular weight excluding hydrogens is 222 g/mol. The Labute approximate surface area is 103 Å². The Morgan fingerprint density at radius 3 is 2.25 bits per heavy atom. The predicted octanol–water partition coefficient (Wildman–Crippen LogP) is 4.79. The van der Waals surface area contributed by atoms with E-state index in [0.29, 0.717) is 5.15 Å². The van der Waals surface area contributed by atoms with Gasteiger partial charge in [0.1, 0.15) is 5.76 Å². The second-order valence-electron chi connectivity index (χ2n) is 4.24. The fourth-order valence-electron chi connectivity index (χ4n) is 1.70. The van der Waals surface area contributed by atoms with Gasteiger partial charge in [-0.2, -0.15) is 0 Å². The molecule has 0 atom stereocenters. The minimum Gasteiger partial charge on any atom is -0.444 e. The fraction of sp³-hybridized carbons (Fsp3) is 0.769. The third-order valence-electron chi connectivity index (χ3n) is 2.70. The summed E-state index contributed by atoms with van der Waals surface area (Å²) >= 11 is 6.03. The maximum atomic E-state index is 6.03. The van der Waals surface area contributed by atoms with E-state index in [9.17, 15) is 0 Å². The molecule has 0 bridgehead atoms. The van der Waals surface area contributed by atoms with Crippen molar-refractivity contribution in [2.75, 3.05) is 0 Å². The highest BCUT2D eigenvalue weighted by Crippen LogP contribution is 2.20. The SMILES string of the molecule is CCCCCc1nc(Cl)c(CCCCC)o1. The van der Waals surface area contributed by atoms with Crippen molar-refractivity contribution in [3.05, 3.63) is 16.8 Å². The first kappa shape index (κ1) is 13.6. The van der Waals surface area contributed by atoms with Crippen LogP contribution in [0.3, 0.4) is 0 Å².